The molecular weight excluding hydrogens is 244 g/mol. The maximum atomic E-state index is 12.1. The van der Waals surface area contributed by atoms with Gasteiger partial charge in [-0.25, -0.2) is 4.79 Å². The summed E-state index contributed by atoms with van der Waals surface area (Å²) in [5.41, 5.74) is 0.608. The number of hydrogen-bond donors (Lipinski definition) is 2. The summed E-state index contributed by atoms with van der Waals surface area (Å²) in [5.74, 6) is -0.196. The van der Waals surface area contributed by atoms with Crippen LogP contribution in [0.15, 0.2) is 24.3 Å². The van der Waals surface area contributed by atoms with Crippen molar-refractivity contribution in [2.75, 3.05) is 33.3 Å². The summed E-state index contributed by atoms with van der Waals surface area (Å²) in [6.45, 7) is 3.35. The largest absolute Gasteiger partial charge is 0.508 e. The molecule has 104 valence electrons. The van der Waals surface area contributed by atoms with Crippen LogP contribution in [0.4, 0.5) is 0 Å². The van der Waals surface area contributed by atoms with Crippen molar-refractivity contribution in [2.45, 2.75) is 12.5 Å². The van der Waals surface area contributed by atoms with Crippen molar-refractivity contribution in [3.8, 4) is 5.75 Å². The number of phenolic OH excluding ortho intramolecular Hbond substituents is 1. The number of benzene rings is 1. The molecule has 2 N–H and O–H groups in total. The summed E-state index contributed by atoms with van der Waals surface area (Å²) >= 11 is 0. The minimum Gasteiger partial charge on any atom is -0.508 e. The first-order valence-electron chi connectivity index (χ1n) is 6.54. The Morgan fingerprint density at radius 1 is 1.37 bits per heavy atom. The van der Waals surface area contributed by atoms with E-state index in [4.69, 9.17) is 4.74 Å². The van der Waals surface area contributed by atoms with E-state index in [2.05, 4.69) is 10.2 Å². The summed E-state index contributed by atoms with van der Waals surface area (Å²) in [7, 11) is 1.38. The van der Waals surface area contributed by atoms with Crippen LogP contribution in [0, 0.1) is 0 Å². The molecule has 0 spiro atoms. The lowest BCUT2D eigenvalue weighted by atomic mass is 10.0. The zero-order chi connectivity index (χ0) is 13.7. The van der Waals surface area contributed by atoms with E-state index in [0.29, 0.717) is 5.56 Å². The van der Waals surface area contributed by atoms with Gasteiger partial charge in [0.15, 0.2) is 0 Å². The fourth-order valence-corrected chi connectivity index (χ4v) is 2.43. The average Bonchev–Trinajstić information content (AvgIpc) is 2.70. The van der Waals surface area contributed by atoms with Crippen LogP contribution in [-0.2, 0) is 9.53 Å². The standard InChI is InChI=1S/C14H20N2O3/c1-19-14(18)13(11-5-2-3-6-12(11)17)16-9-4-7-15-8-10-16/h2-3,5-6,13,15,17H,4,7-10H2,1H3. The molecule has 5 nitrogen and oxygen atoms in total. The Bertz CT molecular complexity index is 428. The maximum absolute atomic E-state index is 12.1. The molecule has 1 fully saturated rings. The molecular formula is C14H20N2O3. The van der Waals surface area contributed by atoms with Crippen LogP contribution in [0.3, 0.4) is 0 Å². The van der Waals surface area contributed by atoms with E-state index in [-0.39, 0.29) is 11.7 Å². The van der Waals surface area contributed by atoms with Crippen LogP contribution in [0.2, 0.25) is 0 Å². The van der Waals surface area contributed by atoms with Gasteiger partial charge in [-0.15, -0.1) is 0 Å². The highest BCUT2D eigenvalue weighted by atomic mass is 16.5. The number of hydrogen-bond acceptors (Lipinski definition) is 5. The van der Waals surface area contributed by atoms with Gasteiger partial charge >= 0.3 is 5.97 Å². The van der Waals surface area contributed by atoms with Gasteiger partial charge in [-0.2, -0.15) is 0 Å². The number of esters is 1. The highest BCUT2D eigenvalue weighted by Gasteiger charge is 2.30. The van der Waals surface area contributed by atoms with Gasteiger partial charge < -0.3 is 15.2 Å². The monoisotopic (exact) mass is 264 g/mol. The summed E-state index contributed by atoms with van der Waals surface area (Å²) in [6.07, 6.45) is 0.973. The number of carbonyl (C=O) groups excluding carboxylic acids is 1. The average molecular weight is 264 g/mol. The second kappa shape index (κ2) is 6.54. The van der Waals surface area contributed by atoms with Crippen LogP contribution in [0.1, 0.15) is 18.0 Å². The summed E-state index contributed by atoms with van der Waals surface area (Å²) in [6, 6.07) is 6.40. The normalized spacial score (nSPS) is 18.6. The SMILES string of the molecule is COC(=O)C(c1ccccc1O)N1CCCNCC1. The third kappa shape index (κ3) is 3.24. The fraction of sp³-hybridized carbons (Fsp3) is 0.500. The minimum atomic E-state index is -0.536. The topological polar surface area (TPSA) is 61.8 Å². The lowest BCUT2D eigenvalue weighted by Crippen LogP contribution is -2.37. The van der Waals surface area contributed by atoms with Crippen molar-refractivity contribution in [3.63, 3.8) is 0 Å². The van der Waals surface area contributed by atoms with E-state index in [1.54, 1.807) is 18.2 Å². The third-order valence-electron chi connectivity index (χ3n) is 3.40. The van der Waals surface area contributed by atoms with Gasteiger partial charge in [-0.1, -0.05) is 18.2 Å². The number of rotatable bonds is 3. The molecule has 0 radical (unpaired) electrons. The highest BCUT2D eigenvalue weighted by molar-refractivity contribution is 5.78. The molecule has 0 aromatic heterocycles. The number of nitrogens with zero attached hydrogens (tertiary/aromatic N) is 1. The Labute approximate surface area is 113 Å². The van der Waals surface area contributed by atoms with E-state index in [1.165, 1.54) is 7.11 Å². The highest BCUT2D eigenvalue weighted by Crippen LogP contribution is 2.29. The molecule has 1 unspecified atom stereocenters. The quantitative estimate of drug-likeness (QED) is 0.794. The Hall–Kier alpha value is -1.59. The molecule has 1 atom stereocenters. The summed E-state index contributed by atoms with van der Waals surface area (Å²) < 4.78 is 4.90. The number of nitrogens with one attached hydrogen (secondary N) is 1. The van der Waals surface area contributed by atoms with Crippen molar-refractivity contribution >= 4 is 5.97 Å². The molecule has 2 rings (SSSR count). The Balaban J connectivity index is 2.30. The van der Waals surface area contributed by atoms with E-state index in [9.17, 15) is 9.90 Å². The Morgan fingerprint density at radius 2 is 2.16 bits per heavy atom. The molecule has 0 bridgehead atoms. The second-order valence-corrected chi connectivity index (χ2v) is 4.62. The lowest BCUT2D eigenvalue weighted by Gasteiger charge is -2.28. The summed E-state index contributed by atoms with van der Waals surface area (Å²) in [4.78, 5) is 14.1. The molecule has 5 heteroatoms. The predicted molar refractivity (Wildman–Crippen MR) is 71.9 cm³/mol. The number of para-hydroxylation sites is 1. The summed E-state index contributed by atoms with van der Waals surface area (Å²) in [5, 5.41) is 13.3. The van der Waals surface area contributed by atoms with Crippen LogP contribution in [0.25, 0.3) is 0 Å². The van der Waals surface area contributed by atoms with Crippen molar-refractivity contribution in [1.29, 1.82) is 0 Å². The number of aromatic hydroxyl groups is 1. The molecule has 0 aliphatic carbocycles. The van der Waals surface area contributed by atoms with Crippen molar-refractivity contribution in [3.05, 3.63) is 29.8 Å². The van der Waals surface area contributed by atoms with E-state index in [0.717, 1.165) is 32.6 Å². The van der Waals surface area contributed by atoms with Gasteiger partial charge in [0, 0.05) is 25.2 Å². The molecule has 0 amide bonds. The predicted octanol–water partition coefficient (Wildman–Crippen LogP) is 0.902. The molecule has 1 aromatic carbocycles. The van der Waals surface area contributed by atoms with E-state index < -0.39 is 6.04 Å². The van der Waals surface area contributed by atoms with Crippen LogP contribution < -0.4 is 5.32 Å². The third-order valence-corrected chi connectivity index (χ3v) is 3.40. The Morgan fingerprint density at radius 3 is 2.89 bits per heavy atom. The Kier molecular flexibility index (Phi) is 4.76. The molecule has 1 heterocycles. The number of carbonyl (C=O) groups is 1. The molecule has 0 saturated carbocycles. The first-order chi connectivity index (χ1) is 9.24. The first-order valence-corrected chi connectivity index (χ1v) is 6.54. The van der Waals surface area contributed by atoms with E-state index in [1.807, 2.05) is 6.07 Å². The van der Waals surface area contributed by atoms with Gasteiger partial charge in [0.05, 0.1) is 7.11 Å². The maximum Gasteiger partial charge on any atom is 0.327 e. The molecule has 1 aliphatic heterocycles. The van der Waals surface area contributed by atoms with Gasteiger partial charge in [0.1, 0.15) is 11.8 Å². The van der Waals surface area contributed by atoms with Gasteiger partial charge in [0.25, 0.3) is 0 Å². The zero-order valence-electron chi connectivity index (χ0n) is 11.1. The molecule has 1 aliphatic rings. The van der Waals surface area contributed by atoms with E-state index >= 15 is 0 Å². The van der Waals surface area contributed by atoms with Crippen molar-refractivity contribution < 1.29 is 14.6 Å². The van der Waals surface area contributed by atoms with Gasteiger partial charge in [-0.05, 0) is 19.0 Å². The number of methoxy groups -OCH3 is 1. The molecule has 19 heavy (non-hydrogen) atoms. The number of phenols is 1. The van der Waals surface area contributed by atoms with Gasteiger partial charge in [0.2, 0.25) is 0 Å². The van der Waals surface area contributed by atoms with Crippen LogP contribution in [-0.4, -0.2) is 49.3 Å². The molecule has 1 aromatic rings. The zero-order valence-corrected chi connectivity index (χ0v) is 11.1. The lowest BCUT2D eigenvalue weighted by molar-refractivity contribution is -0.147. The van der Waals surface area contributed by atoms with Gasteiger partial charge in [-0.3, -0.25) is 4.90 Å². The second-order valence-electron chi connectivity index (χ2n) is 4.62. The smallest absolute Gasteiger partial charge is 0.327 e. The number of ether oxygens (including phenoxy) is 1. The first kappa shape index (κ1) is 13.8. The van der Waals surface area contributed by atoms with Crippen LogP contribution in [0.5, 0.6) is 5.75 Å². The fourth-order valence-electron chi connectivity index (χ4n) is 2.43. The minimum absolute atomic E-state index is 0.134. The van der Waals surface area contributed by atoms with Crippen LogP contribution >= 0.6 is 0 Å². The van der Waals surface area contributed by atoms with Crippen molar-refractivity contribution in [1.82, 2.24) is 10.2 Å². The van der Waals surface area contributed by atoms with Crippen molar-refractivity contribution in [2.24, 2.45) is 0 Å². The molecule has 1 saturated heterocycles.